The second-order valence-electron chi connectivity index (χ2n) is 7.83. The van der Waals surface area contributed by atoms with Gasteiger partial charge in [-0.15, -0.1) is 0 Å². The van der Waals surface area contributed by atoms with Crippen LogP contribution < -0.4 is 0 Å². The Bertz CT molecular complexity index is 782. The van der Waals surface area contributed by atoms with Gasteiger partial charge in [0.15, 0.2) is 0 Å². The number of rotatable bonds is 3. The molecule has 0 saturated carbocycles. The van der Waals surface area contributed by atoms with Crippen molar-refractivity contribution in [3.05, 3.63) is 35.0 Å². The Kier molecular flexibility index (Phi) is 4.92. The van der Waals surface area contributed by atoms with E-state index in [4.69, 9.17) is 0 Å². The van der Waals surface area contributed by atoms with Crippen molar-refractivity contribution in [3.63, 3.8) is 0 Å². The summed E-state index contributed by atoms with van der Waals surface area (Å²) >= 11 is 0. The summed E-state index contributed by atoms with van der Waals surface area (Å²) in [5.74, 6) is 0.150. The van der Waals surface area contributed by atoms with Crippen LogP contribution in [0.5, 0.6) is 0 Å². The molecule has 0 bridgehead atoms. The molecule has 0 aliphatic carbocycles. The summed E-state index contributed by atoms with van der Waals surface area (Å²) in [7, 11) is 3.98. The van der Waals surface area contributed by atoms with E-state index in [0.717, 1.165) is 42.7 Å². The van der Waals surface area contributed by atoms with Crippen molar-refractivity contribution < 1.29 is 4.79 Å². The highest BCUT2D eigenvalue weighted by atomic mass is 16.2. The van der Waals surface area contributed by atoms with Gasteiger partial charge in [-0.25, -0.2) is 0 Å². The van der Waals surface area contributed by atoms with Crippen LogP contribution in [0.4, 0.5) is 0 Å². The number of nitrogens with zero attached hydrogens (tertiary/aromatic N) is 3. The van der Waals surface area contributed by atoms with Crippen LogP contribution in [0.15, 0.2) is 18.2 Å². The zero-order chi connectivity index (χ0) is 18.3. The van der Waals surface area contributed by atoms with Gasteiger partial charge in [0, 0.05) is 50.2 Å². The quantitative estimate of drug-likeness (QED) is 0.851. The number of benzene rings is 1. The van der Waals surface area contributed by atoms with Crippen LogP contribution in [0.3, 0.4) is 0 Å². The molecular weight excluding hydrogens is 310 g/mol. The average Bonchev–Trinajstić information content (AvgIpc) is 2.84. The SMILES string of the molecule is Cc1ccc2c(c1)c(C)c(C(=O)N(C)C1CCN(C(C)C)CC1)n2C. The third-order valence-electron chi connectivity index (χ3n) is 5.91. The standard InChI is InChI=1S/C21H31N3O/c1-14(2)24-11-9-17(10-12-24)22(5)21(25)20-16(4)18-13-15(3)7-8-19(18)23(20)6/h7-8,13-14,17H,9-12H2,1-6H3. The molecule has 0 radical (unpaired) electrons. The van der Waals surface area contributed by atoms with Gasteiger partial charge in [-0.05, 0) is 58.2 Å². The number of aromatic nitrogens is 1. The highest BCUT2D eigenvalue weighted by molar-refractivity contribution is 6.01. The fourth-order valence-corrected chi connectivity index (χ4v) is 4.17. The van der Waals surface area contributed by atoms with E-state index in [0.29, 0.717) is 12.1 Å². The predicted molar refractivity (Wildman–Crippen MR) is 104 cm³/mol. The summed E-state index contributed by atoms with van der Waals surface area (Å²) in [5, 5.41) is 1.19. The van der Waals surface area contributed by atoms with Gasteiger partial charge in [0.05, 0.1) is 0 Å². The maximum atomic E-state index is 13.2. The first-order valence-electron chi connectivity index (χ1n) is 9.38. The number of hydrogen-bond acceptors (Lipinski definition) is 2. The summed E-state index contributed by atoms with van der Waals surface area (Å²) in [5.41, 5.74) is 4.29. The Balaban J connectivity index is 1.85. The maximum Gasteiger partial charge on any atom is 0.270 e. The number of hydrogen-bond donors (Lipinski definition) is 0. The van der Waals surface area contributed by atoms with Gasteiger partial charge < -0.3 is 14.4 Å². The Morgan fingerprint density at radius 1 is 1.20 bits per heavy atom. The lowest BCUT2D eigenvalue weighted by atomic mass is 10.0. The molecule has 1 saturated heterocycles. The number of amides is 1. The van der Waals surface area contributed by atoms with Crippen LogP contribution >= 0.6 is 0 Å². The fourth-order valence-electron chi connectivity index (χ4n) is 4.17. The molecule has 1 aromatic heterocycles. The van der Waals surface area contributed by atoms with Crippen LogP contribution in [0.2, 0.25) is 0 Å². The lowest BCUT2D eigenvalue weighted by molar-refractivity contribution is 0.0606. The van der Waals surface area contributed by atoms with Crippen LogP contribution in [0, 0.1) is 13.8 Å². The summed E-state index contributed by atoms with van der Waals surface area (Å²) < 4.78 is 2.06. The van der Waals surface area contributed by atoms with Gasteiger partial charge in [-0.3, -0.25) is 4.79 Å². The summed E-state index contributed by atoms with van der Waals surface area (Å²) in [4.78, 5) is 17.7. The van der Waals surface area contributed by atoms with E-state index >= 15 is 0 Å². The molecule has 2 heterocycles. The van der Waals surface area contributed by atoms with Crippen molar-refractivity contribution in [2.45, 2.75) is 52.6 Å². The minimum Gasteiger partial charge on any atom is -0.339 e. The zero-order valence-corrected chi connectivity index (χ0v) is 16.5. The summed E-state index contributed by atoms with van der Waals surface area (Å²) in [6, 6.07) is 7.34. The van der Waals surface area contributed by atoms with Crippen molar-refractivity contribution in [2.75, 3.05) is 20.1 Å². The number of aryl methyl sites for hydroxylation is 3. The topological polar surface area (TPSA) is 28.5 Å². The molecule has 0 atom stereocenters. The van der Waals surface area contributed by atoms with Crippen LogP contribution in [0.25, 0.3) is 10.9 Å². The van der Waals surface area contributed by atoms with E-state index in [1.54, 1.807) is 0 Å². The van der Waals surface area contributed by atoms with Gasteiger partial charge in [0.2, 0.25) is 0 Å². The van der Waals surface area contributed by atoms with Gasteiger partial charge in [0.25, 0.3) is 5.91 Å². The Labute approximate surface area is 151 Å². The van der Waals surface area contributed by atoms with Gasteiger partial charge in [0.1, 0.15) is 5.69 Å². The summed E-state index contributed by atoms with van der Waals surface area (Å²) in [6.45, 7) is 10.8. The smallest absolute Gasteiger partial charge is 0.270 e. The van der Waals surface area contributed by atoms with Crippen LogP contribution in [0.1, 0.15) is 48.3 Å². The second-order valence-corrected chi connectivity index (χ2v) is 7.83. The predicted octanol–water partition coefficient (Wildman–Crippen LogP) is 3.74. The molecule has 1 fully saturated rings. The van der Waals surface area contributed by atoms with Crippen molar-refractivity contribution in [2.24, 2.45) is 7.05 Å². The fraction of sp³-hybridized carbons (Fsp3) is 0.571. The molecule has 25 heavy (non-hydrogen) atoms. The van der Waals surface area contributed by atoms with Crippen LogP contribution in [-0.4, -0.2) is 52.5 Å². The molecule has 1 aliphatic rings. The van der Waals surface area contributed by atoms with Crippen molar-refractivity contribution in [3.8, 4) is 0 Å². The largest absolute Gasteiger partial charge is 0.339 e. The van der Waals surface area contributed by atoms with E-state index in [-0.39, 0.29) is 5.91 Å². The monoisotopic (exact) mass is 341 g/mol. The molecule has 0 unspecified atom stereocenters. The van der Waals surface area contributed by atoms with Gasteiger partial charge in [-0.2, -0.15) is 0 Å². The molecule has 4 heteroatoms. The zero-order valence-electron chi connectivity index (χ0n) is 16.5. The van der Waals surface area contributed by atoms with Crippen LogP contribution in [-0.2, 0) is 7.05 Å². The molecule has 3 rings (SSSR count). The van der Waals surface area contributed by atoms with E-state index in [1.165, 1.54) is 10.9 Å². The third-order valence-corrected chi connectivity index (χ3v) is 5.91. The Morgan fingerprint density at radius 3 is 2.44 bits per heavy atom. The van der Waals surface area contributed by atoms with Crippen molar-refractivity contribution in [1.29, 1.82) is 0 Å². The second kappa shape index (κ2) is 6.83. The first-order valence-corrected chi connectivity index (χ1v) is 9.38. The maximum absolute atomic E-state index is 13.2. The minimum absolute atomic E-state index is 0.150. The number of piperidine rings is 1. The molecule has 1 aliphatic heterocycles. The normalized spacial score (nSPS) is 16.8. The molecule has 0 N–H and O–H groups in total. The molecule has 0 spiro atoms. The van der Waals surface area contributed by atoms with E-state index < -0.39 is 0 Å². The molecular formula is C21H31N3O. The lowest BCUT2D eigenvalue weighted by Crippen LogP contribution is -2.47. The van der Waals surface area contributed by atoms with Gasteiger partial charge >= 0.3 is 0 Å². The average molecular weight is 341 g/mol. The number of fused-ring (bicyclic) bond motifs is 1. The van der Waals surface area contributed by atoms with E-state index in [9.17, 15) is 4.79 Å². The molecule has 2 aromatic rings. The first-order chi connectivity index (χ1) is 11.8. The number of carbonyl (C=O) groups is 1. The third kappa shape index (κ3) is 3.20. The highest BCUT2D eigenvalue weighted by Crippen LogP contribution is 2.28. The molecule has 1 aromatic carbocycles. The van der Waals surface area contributed by atoms with Gasteiger partial charge in [-0.1, -0.05) is 11.6 Å². The minimum atomic E-state index is 0.150. The van der Waals surface area contributed by atoms with E-state index in [1.807, 2.05) is 19.0 Å². The number of likely N-dealkylation sites (tertiary alicyclic amines) is 1. The van der Waals surface area contributed by atoms with Crippen molar-refractivity contribution >= 4 is 16.8 Å². The Hall–Kier alpha value is -1.81. The summed E-state index contributed by atoms with van der Waals surface area (Å²) in [6.07, 6.45) is 2.12. The van der Waals surface area contributed by atoms with E-state index in [2.05, 4.69) is 55.4 Å². The molecule has 1 amide bonds. The molecule has 4 nitrogen and oxygen atoms in total. The molecule has 136 valence electrons. The lowest BCUT2D eigenvalue weighted by Gasteiger charge is -2.38. The van der Waals surface area contributed by atoms with Crippen molar-refractivity contribution in [1.82, 2.24) is 14.4 Å². The number of carbonyl (C=O) groups excluding carboxylic acids is 1. The highest BCUT2D eigenvalue weighted by Gasteiger charge is 2.29. The Morgan fingerprint density at radius 2 is 1.84 bits per heavy atom. The first kappa shape index (κ1) is 18.0.